The molecule has 0 aliphatic carbocycles. The van der Waals surface area contributed by atoms with Crippen molar-refractivity contribution in [3.8, 4) is 5.75 Å². The van der Waals surface area contributed by atoms with Gasteiger partial charge in [-0.1, -0.05) is 52.0 Å². The number of aliphatic hydroxyl groups excluding tert-OH is 2. The third kappa shape index (κ3) is 7.10. The average molecular weight is 368 g/mol. The summed E-state index contributed by atoms with van der Waals surface area (Å²) in [5, 5.41) is 18.9. The molecule has 0 aliphatic rings. The summed E-state index contributed by atoms with van der Waals surface area (Å²) in [4.78, 5) is 0. The second kappa shape index (κ2) is 9.17. The Kier molecular flexibility index (Phi) is 8.13. The van der Waals surface area contributed by atoms with Gasteiger partial charge in [0.05, 0.1) is 33.4 Å². The molecular weight excluding hydrogens is 330 g/mol. The van der Waals surface area contributed by atoms with Gasteiger partial charge in [0.2, 0.25) is 0 Å². The summed E-state index contributed by atoms with van der Waals surface area (Å²) < 4.78 is 5.87. The van der Waals surface area contributed by atoms with E-state index in [2.05, 4.69) is 33.9 Å². The maximum atomic E-state index is 9.23. The molecule has 0 unspecified atom stereocenters. The van der Waals surface area contributed by atoms with Crippen LogP contribution in [0, 0.1) is 0 Å². The number of aryl methyl sites for hydroxylation is 1. The molecule has 25 heavy (non-hydrogen) atoms. The van der Waals surface area contributed by atoms with Crippen molar-refractivity contribution in [2.24, 2.45) is 5.73 Å². The first-order valence-corrected chi connectivity index (χ1v) is 12.5. The third-order valence-corrected chi connectivity index (χ3v) is 11.4. The van der Waals surface area contributed by atoms with Gasteiger partial charge in [-0.2, -0.15) is 0 Å². The SMILES string of the molecule is CC(C)(C)[Si](C)(C)CCCOc1ccc(CCC(N)(CO)CO)cc1. The van der Waals surface area contributed by atoms with E-state index in [4.69, 9.17) is 10.5 Å². The summed E-state index contributed by atoms with van der Waals surface area (Å²) in [6.45, 7) is 12.3. The highest BCUT2D eigenvalue weighted by molar-refractivity contribution is 6.80. The van der Waals surface area contributed by atoms with Crippen molar-refractivity contribution in [1.29, 1.82) is 0 Å². The summed E-state index contributed by atoms with van der Waals surface area (Å²) in [5.41, 5.74) is 6.13. The maximum Gasteiger partial charge on any atom is 0.119 e. The zero-order valence-electron chi connectivity index (χ0n) is 16.6. The number of nitrogens with two attached hydrogens (primary N) is 1. The van der Waals surface area contributed by atoms with Crippen LogP contribution in [0.2, 0.25) is 24.2 Å². The van der Waals surface area contributed by atoms with Crippen molar-refractivity contribution < 1.29 is 14.9 Å². The van der Waals surface area contributed by atoms with Gasteiger partial charge in [-0.25, -0.2) is 0 Å². The number of hydrogen-bond donors (Lipinski definition) is 3. The molecule has 0 radical (unpaired) electrons. The fraction of sp³-hybridized carbons (Fsp3) is 0.700. The van der Waals surface area contributed by atoms with Gasteiger partial charge >= 0.3 is 0 Å². The molecular formula is C20H37NO3Si. The first-order valence-electron chi connectivity index (χ1n) is 9.25. The van der Waals surface area contributed by atoms with Crippen molar-refractivity contribution in [3.05, 3.63) is 29.8 Å². The van der Waals surface area contributed by atoms with E-state index in [1.807, 2.05) is 24.3 Å². The summed E-state index contributed by atoms with van der Waals surface area (Å²) in [5.74, 6) is 0.891. The van der Waals surface area contributed by atoms with E-state index in [0.29, 0.717) is 11.5 Å². The van der Waals surface area contributed by atoms with Gasteiger partial charge in [0.15, 0.2) is 0 Å². The predicted molar refractivity (Wildman–Crippen MR) is 108 cm³/mol. The molecule has 4 nitrogen and oxygen atoms in total. The fourth-order valence-corrected chi connectivity index (χ4v) is 4.21. The summed E-state index contributed by atoms with van der Waals surface area (Å²) in [6, 6.07) is 9.29. The molecule has 0 aliphatic heterocycles. The lowest BCUT2D eigenvalue weighted by atomic mass is 9.94. The van der Waals surface area contributed by atoms with Crippen LogP contribution in [-0.2, 0) is 6.42 Å². The molecule has 5 heteroatoms. The van der Waals surface area contributed by atoms with E-state index in [1.54, 1.807) is 0 Å². The Morgan fingerprint density at radius 2 is 1.60 bits per heavy atom. The van der Waals surface area contributed by atoms with Crippen LogP contribution in [0.5, 0.6) is 5.75 Å². The number of aliphatic hydroxyl groups is 2. The number of benzene rings is 1. The van der Waals surface area contributed by atoms with Gasteiger partial charge in [-0.3, -0.25) is 0 Å². The van der Waals surface area contributed by atoms with E-state index in [-0.39, 0.29) is 13.2 Å². The topological polar surface area (TPSA) is 75.7 Å². The van der Waals surface area contributed by atoms with Gasteiger partial charge in [-0.05, 0) is 42.0 Å². The lowest BCUT2D eigenvalue weighted by Crippen LogP contribution is -2.47. The van der Waals surface area contributed by atoms with Crippen LogP contribution < -0.4 is 10.5 Å². The van der Waals surface area contributed by atoms with E-state index >= 15 is 0 Å². The minimum atomic E-state index is -1.22. The molecule has 0 saturated heterocycles. The Balaban J connectivity index is 2.40. The molecule has 4 N–H and O–H groups in total. The van der Waals surface area contributed by atoms with Crippen LogP contribution in [0.4, 0.5) is 0 Å². The van der Waals surface area contributed by atoms with Gasteiger partial charge in [0.1, 0.15) is 5.75 Å². The molecule has 144 valence electrons. The largest absolute Gasteiger partial charge is 0.494 e. The van der Waals surface area contributed by atoms with Gasteiger partial charge in [0.25, 0.3) is 0 Å². The van der Waals surface area contributed by atoms with Crippen molar-refractivity contribution in [2.45, 2.75) is 69.7 Å². The molecule has 1 rings (SSSR count). The molecule has 0 atom stereocenters. The molecule has 0 amide bonds. The van der Waals surface area contributed by atoms with Crippen molar-refractivity contribution >= 4 is 8.07 Å². The molecule has 0 heterocycles. The fourth-order valence-electron chi connectivity index (χ4n) is 2.43. The Hall–Kier alpha value is -0.883. The maximum absolute atomic E-state index is 9.23. The lowest BCUT2D eigenvalue weighted by molar-refractivity contribution is 0.115. The molecule has 0 spiro atoms. The standard InChI is InChI=1S/C20H37NO3Si/c1-19(2,3)25(4,5)14-6-13-24-18-9-7-17(8-10-18)11-12-20(21,15-22)16-23/h7-10,22-23H,6,11-16,21H2,1-5H3. The number of ether oxygens (including phenoxy) is 1. The number of hydrogen-bond acceptors (Lipinski definition) is 4. The van der Waals surface area contributed by atoms with E-state index in [0.717, 1.165) is 30.8 Å². The van der Waals surface area contributed by atoms with E-state index in [9.17, 15) is 10.2 Å². The van der Waals surface area contributed by atoms with Gasteiger partial charge in [-0.15, -0.1) is 0 Å². The van der Waals surface area contributed by atoms with Gasteiger partial charge in [0, 0.05) is 0 Å². The van der Waals surface area contributed by atoms with Crippen LogP contribution in [0.15, 0.2) is 24.3 Å². The zero-order valence-corrected chi connectivity index (χ0v) is 17.6. The minimum absolute atomic E-state index is 0.209. The summed E-state index contributed by atoms with van der Waals surface area (Å²) >= 11 is 0. The Morgan fingerprint density at radius 3 is 2.08 bits per heavy atom. The average Bonchev–Trinajstić information content (AvgIpc) is 2.56. The predicted octanol–water partition coefficient (Wildman–Crippen LogP) is 3.58. The second-order valence-electron chi connectivity index (χ2n) is 8.91. The summed E-state index contributed by atoms with van der Waals surface area (Å²) in [6.07, 6.45) is 2.37. The monoisotopic (exact) mass is 367 g/mol. The molecule has 1 aromatic rings. The van der Waals surface area contributed by atoms with Crippen LogP contribution >= 0.6 is 0 Å². The Labute approximate surface area is 154 Å². The molecule has 0 fully saturated rings. The second-order valence-corrected chi connectivity index (χ2v) is 14.7. The third-order valence-electron chi connectivity index (χ3n) is 5.71. The van der Waals surface area contributed by atoms with E-state index in [1.165, 1.54) is 6.04 Å². The van der Waals surface area contributed by atoms with Crippen molar-refractivity contribution in [3.63, 3.8) is 0 Å². The number of rotatable bonds is 10. The van der Waals surface area contributed by atoms with Crippen molar-refractivity contribution in [1.82, 2.24) is 0 Å². The first kappa shape index (κ1) is 22.2. The highest BCUT2D eigenvalue weighted by atomic mass is 28.3. The minimum Gasteiger partial charge on any atom is -0.494 e. The lowest BCUT2D eigenvalue weighted by Gasteiger charge is -2.37. The van der Waals surface area contributed by atoms with Crippen LogP contribution in [0.3, 0.4) is 0 Å². The molecule has 1 aromatic carbocycles. The quantitative estimate of drug-likeness (QED) is 0.436. The Morgan fingerprint density at radius 1 is 1.04 bits per heavy atom. The normalized spacial score (nSPS) is 13.1. The van der Waals surface area contributed by atoms with E-state index < -0.39 is 13.6 Å². The highest BCUT2D eigenvalue weighted by Crippen LogP contribution is 2.39. The van der Waals surface area contributed by atoms with Crippen molar-refractivity contribution in [2.75, 3.05) is 19.8 Å². The van der Waals surface area contributed by atoms with Crippen LogP contribution in [0.1, 0.15) is 39.2 Å². The van der Waals surface area contributed by atoms with Gasteiger partial charge < -0.3 is 20.7 Å². The molecule has 0 bridgehead atoms. The first-order chi connectivity index (χ1) is 11.5. The molecule has 0 aromatic heterocycles. The molecule has 0 saturated carbocycles. The highest BCUT2D eigenvalue weighted by Gasteiger charge is 2.34. The smallest absolute Gasteiger partial charge is 0.119 e. The summed E-state index contributed by atoms with van der Waals surface area (Å²) in [7, 11) is -1.22. The zero-order chi connectivity index (χ0) is 19.1. The van der Waals surface area contributed by atoms with Crippen LogP contribution in [0.25, 0.3) is 0 Å². The Bertz CT molecular complexity index is 505. The van der Waals surface area contributed by atoms with Crippen LogP contribution in [-0.4, -0.2) is 43.6 Å².